The van der Waals surface area contributed by atoms with E-state index in [-0.39, 0.29) is 0 Å². The Hall–Kier alpha value is -0.0800. The molecule has 0 radical (unpaired) electrons. The van der Waals surface area contributed by atoms with Crippen molar-refractivity contribution in [2.75, 3.05) is 26.7 Å². The second-order valence-corrected chi connectivity index (χ2v) is 4.38. The van der Waals surface area contributed by atoms with Crippen LogP contribution in [0.5, 0.6) is 0 Å². The van der Waals surface area contributed by atoms with Gasteiger partial charge in [-0.25, -0.2) is 0 Å². The van der Waals surface area contributed by atoms with Gasteiger partial charge in [-0.3, -0.25) is 0 Å². The maximum absolute atomic E-state index is 9.12. The Labute approximate surface area is 69.2 Å². The highest BCUT2D eigenvalue weighted by Gasteiger charge is 2.33. The summed E-state index contributed by atoms with van der Waals surface area (Å²) >= 11 is 0. The number of likely N-dealkylation sites (tertiary alicyclic amines) is 1. The van der Waals surface area contributed by atoms with Crippen LogP contribution >= 0.6 is 0 Å². The van der Waals surface area contributed by atoms with Crippen molar-refractivity contribution >= 4 is 0 Å². The van der Waals surface area contributed by atoms with Crippen LogP contribution in [-0.4, -0.2) is 36.8 Å². The third kappa shape index (κ3) is 1.94. The summed E-state index contributed by atoms with van der Waals surface area (Å²) in [6.45, 7) is 7.05. The molecule has 66 valence electrons. The molecule has 0 bridgehead atoms. The molecule has 0 spiro atoms. The number of hydrogen-bond acceptors (Lipinski definition) is 2. The highest BCUT2D eigenvalue weighted by molar-refractivity contribution is 4.84. The van der Waals surface area contributed by atoms with Gasteiger partial charge in [0.2, 0.25) is 0 Å². The van der Waals surface area contributed by atoms with Gasteiger partial charge >= 0.3 is 0 Å². The van der Waals surface area contributed by atoms with Gasteiger partial charge in [-0.15, -0.1) is 0 Å². The second kappa shape index (κ2) is 3.11. The van der Waals surface area contributed by atoms with Crippen molar-refractivity contribution in [1.29, 1.82) is 0 Å². The van der Waals surface area contributed by atoms with Crippen LogP contribution in [0, 0.1) is 11.3 Å². The topological polar surface area (TPSA) is 23.5 Å². The number of aliphatic hydroxyl groups is 1. The van der Waals surface area contributed by atoms with E-state index in [1.165, 1.54) is 13.0 Å². The molecule has 1 unspecified atom stereocenters. The fourth-order valence-corrected chi connectivity index (χ4v) is 1.70. The third-order valence-corrected chi connectivity index (χ3v) is 3.00. The third-order valence-electron chi connectivity index (χ3n) is 3.00. The molecule has 0 aromatic heterocycles. The largest absolute Gasteiger partial charge is 0.396 e. The Kier molecular flexibility index (Phi) is 2.55. The Morgan fingerprint density at radius 1 is 1.55 bits per heavy atom. The SMILES string of the molecule is CN1CCC(C)(C)C(CO)C1. The first-order valence-electron chi connectivity index (χ1n) is 4.35. The molecular weight excluding hydrogens is 138 g/mol. The normalized spacial score (nSPS) is 32.2. The standard InChI is InChI=1S/C9H19NO/c1-9(2)4-5-10(3)6-8(9)7-11/h8,11H,4-7H2,1-3H3. The van der Waals surface area contributed by atoms with Crippen molar-refractivity contribution < 1.29 is 5.11 Å². The molecule has 11 heavy (non-hydrogen) atoms. The van der Waals surface area contributed by atoms with E-state index in [4.69, 9.17) is 5.11 Å². The summed E-state index contributed by atoms with van der Waals surface area (Å²) in [6.07, 6.45) is 1.20. The zero-order valence-corrected chi connectivity index (χ0v) is 7.80. The van der Waals surface area contributed by atoms with Gasteiger partial charge in [0.05, 0.1) is 0 Å². The van der Waals surface area contributed by atoms with Crippen LogP contribution in [0.4, 0.5) is 0 Å². The summed E-state index contributed by atoms with van der Waals surface area (Å²) in [5, 5.41) is 9.12. The van der Waals surface area contributed by atoms with Gasteiger partial charge in [-0.1, -0.05) is 13.8 Å². The summed E-state index contributed by atoms with van der Waals surface area (Å²) in [4.78, 5) is 2.30. The molecule has 1 heterocycles. The molecule has 1 N–H and O–H groups in total. The van der Waals surface area contributed by atoms with Gasteiger partial charge in [0.1, 0.15) is 0 Å². The van der Waals surface area contributed by atoms with Crippen molar-refractivity contribution in [3.05, 3.63) is 0 Å². The maximum atomic E-state index is 9.12. The van der Waals surface area contributed by atoms with Crippen LogP contribution in [-0.2, 0) is 0 Å². The highest BCUT2D eigenvalue weighted by Crippen LogP contribution is 2.34. The molecule has 0 amide bonds. The minimum atomic E-state index is 0.331. The number of aliphatic hydroxyl groups excluding tert-OH is 1. The fraction of sp³-hybridized carbons (Fsp3) is 1.00. The van der Waals surface area contributed by atoms with E-state index < -0.39 is 0 Å². The summed E-state index contributed by atoms with van der Waals surface area (Å²) < 4.78 is 0. The monoisotopic (exact) mass is 157 g/mol. The zero-order chi connectivity index (χ0) is 8.48. The van der Waals surface area contributed by atoms with Crippen LogP contribution in [0.1, 0.15) is 20.3 Å². The highest BCUT2D eigenvalue weighted by atomic mass is 16.3. The Balaban J connectivity index is 2.56. The van der Waals surface area contributed by atoms with E-state index in [1.807, 2.05) is 0 Å². The van der Waals surface area contributed by atoms with Crippen LogP contribution in [0.25, 0.3) is 0 Å². The summed E-state index contributed by atoms with van der Waals surface area (Å²) in [5.41, 5.74) is 0.335. The Morgan fingerprint density at radius 2 is 2.18 bits per heavy atom. The first-order valence-corrected chi connectivity index (χ1v) is 4.35. The van der Waals surface area contributed by atoms with Gasteiger partial charge in [0.25, 0.3) is 0 Å². The molecular formula is C9H19NO. The summed E-state index contributed by atoms with van der Waals surface area (Å²) in [6, 6.07) is 0. The van der Waals surface area contributed by atoms with E-state index in [9.17, 15) is 0 Å². The molecule has 0 aliphatic carbocycles. The molecule has 2 heteroatoms. The van der Waals surface area contributed by atoms with Crippen LogP contribution in [0.15, 0.2) is 0 Å². The summed E-state index contributed by atoms with van der Waals surface area (Å²) in [5.74, 6) is 0.459. The number of nitrogens with zero attached hydrogens (tertiary/aromatic N) is 1. The molecule has 1 saturated heterocycles. The molecule has 1 rings (SSSR count). The first kappa shape index (κ1) is 9.01. The predicted molar refractivity (Wildman–Crippen MR) is 46.5 cm³/mol. The summed E-state index contributed by atoms with van der Waals surface area (Å²) in [7, 11) is 2.12. The Bertz CT molecular complexity index is 134. The molecule has 1 atom stereocenters. The van der Waals surface area contributed by atoms with Gasteiger partial charge < -0.3 is 10.0 Å². The van der Waals surface area contributed by atoms with E-state index in [0.29, 0.717) is 17.9 Å². The number of piperidine rings is 1. The van der Waals surface area contributed by atoms with Crippen LogP contribution in [0.2, 0.25) is 0 Å². The molecule has 1 aliphatic rings. The second-order valence-electron chi connectivity index (χ2n) is 4.38. The van der Waals surface area contributed by atoms with E-state index in [2.05, 4.69) is 25.8 Å². The molecule has 0 aromatic carbocycles. The van der Waals surface area contributed by atoms with E-state index >= 15 is 0 Å². The van der Waals surface area contributed by atoms with E-state index in [1.54, 1.807) is 0 Å². The molecule has 1 fully saturated rings. The van der Waals surface area contributed by atoms with Gasteiger partial charge in [0, 0.05) is 13.2 Å². The minimum Gasteiger partial charge on any atom is -0.396 e. The minimum absolute atomic E-state index is 0.331. The van der Waals surface area contributed by atoms with Crippen LogP contribution in [0.3, 0.4) is 0 Å². The van der Waals surface area contributed by atoms with Crippen LogP contribution < -0.4 is 0 Å². The molecule has 1 aliphatic heterocycles. The fourth-order valence-electron chi connectivity index (χ4n) is 1.70. The van der Waals surface area contributed by atoms with E-state index in [0.717, 1.165) is 6.54 Å². The average molecular weight is 157 g/mol. The average Bonchev–Trinajstić information content (AvgIpc) is 1.94. The van der Waals surface area contributed by atoms with Gasteiger partial charge in [0.15, 0.2) is 0 Å². The lowest BCUT2D eigenvalue weighted by Gasteiger charge is -2.41. The predicted octanol–water partition coefficient (Wildman–Crippen LogP) is 0.957. The van der Waals surface area contributed by atoms with Crippen molar-refractivity contribution in [2.45, 2.75) is 20.3 Å². The number of rotatable bonds is 1. The lowest BCUT2D eigenvalue weighted by Crippen LogP contribution is -2.44. The van der Waals surface area contributed by atoms with Crippen molar-refractivity contribution in [3.63, 3.8) is 0 Å². The molecule has 0 aromatic rings. The van der Waals surface area contributed by atoms with Crippen molar-refractivity contribution in [2.24, 2.45) is 11.3 Å². The van der Waals surface area contributed by atoms with Gasteiger partial charge in [-0.2, -0.15) is 0 Å². The van der Waals surface area contributed by atoms with Crippen molar-refractivity contribution in [3.8, 4) is 0 Å². The quantitative estimate of drug-likeness (QED) is 0.613. The lowest BCUT2D eigenvalue weighted by molar-refractivity contribution is 0.0340. The van der Waals surface area contributed by atoms with Crippen molar-refractivity contribution in [1.82, 2.24) is 4.90 Å². The Morgan fingerprint density at radius 3 is 2.64 bits per heavy atom. The van der Waals surface area contributed by atoms with Gasteiger partial charge in [-0.05, 0) is 31.3 Å². The zero-order valence-electron chi connectivity index (χ0n) is 7.80. The lowest BCUT2D eigenvalue weighted by atomic mass is 9.74. The number of hydrogen-bond donors (Lipinski definition) is 1. The maximum Gasteiger partial charge on any atom is 0.0476 e. The first-order chi connectivity index (χ1) is 5.06. The molecule has 2 nitrogen and oxygen atoms in total. The smallest absolute Gasteiger partial charge is 0.0476 e. The molecule has 0 saturated carbocycles.